The van der Waals surface area contributed by atoms with Crippen molar-refractivity contribution in [1.82, 2.24) is 9.78 Å². The van der Waals surface area contributed by atoms with E-state index in [1.807, 2.05) is 30.1 Å². The number of aryl methyl sites for hydroxylation is 1. The molecule has 4 heteroatoms. The maximum absolute atomic E-state index is 5.81. The van der Waals surface area contributed by atoms with Gasteiger partial charge in [0.15, 0.2) is 0 Å². The Morgan fingerprint density at radius 3 is 3.00 bits per heavy atom. The fourth-order valence-electron chi connectivity index (χ4n) is 1.62. The van der Waals surface area contributed by atoms with Crippen LogP contribution in [-0.4, -0.2) is 15.9 Å². The van der Waals surface area contributed by atoms with E-state index in [9.17, 15) is 0 Å². The molecule has 2 aromatic rings. The molecule has 1 fully saturated rings. The van der Waals surface area contributed by atoms with Crippen molar-refractivity contribution in [3.05, 3.63) is 22.8 Å². The zero-order chi connectivity index (χ0) is 10.4. The predicted molar refractivity (Wildman–Crippen MR) is 62.1 cm³/mol. The Morgan fingerprint density at radius 1 is 1.47 bits per heavy atom. The Hall–Kier alpha value is -1.03. The smallest absolute Gasteiger partial charge is 0.147 e. The minimum Gasteiger partial charge on any atom is -0.488 e. The van der Waals surface area contributed by atoms with Gasteiger partial charge in [-0.1, -0.05) is 15.9 Å². The molecule has 15 heavy (non-hydrogen) atoms. The average molecular weight is 267 g/mol. The van der Waals surface area contributed by atoms with Crippen LogP contribution >= 0.6 is 15.9 Å². The second-order valence-corrected chi connectivity index (χ2v) is 4.78. The van der Waals surface area contributed by atoms with E-state index in [0.717, 1.165) is 21.1 Å². The van der Waals surface area contributed by atoms with Crippen LogP contribution < -0.4 is 4.74 Å². The van der Waals surface area contributed by atoms with Crippen molar-refractivity contribution in [1.29, 1.82) is 0 Å². The van der Waals surface area contributed by atoms with Crippen LogP contribution in [0.15, 0.2) is 22.8 Å². The molecule has 1 aliphatic rings. The lowest BCUT2D eigenvalue weighted by Crippen LogP contribution is -1.96. The number of benzene rings is 1. The molecule has 0 atom stereocenters. The van der Waals surface area contributed by atoms with E-state index in [1.54, 1.807) is 0 Å². The first kappa shape index (κ1) is 9.21. The number of rotatable bonds is 2. The molecule has 3 nitrogen and oxygen atoms in total. The summed E-state index contributed by atoms with van der Waals surface area (Å²) in [6.07, 6.45) is 4.75. The molecule has 0 bridgehead atoms. The van der Waals surface area contributed by atoms with Gasteiger partial charge in [-0.2, -0.15) is 5.10 Å². The standard InChI is InChI=1S/C11H11BrN2O/c1-14-6-8-9(12)4-5-10(11(8)13-14)15-7-2-3-7/h4-7H,2-3H2,1H3. The molecule has 1 aliphatic carbocycles. The largest absolute Gasteiger partial charge is 0.488 e. The summed E-state index contributed by atoms with van der Waals surface area (Å²) in [6.45, 7) is 0. The molecular formula is C11H11BrN2O. The molecule has 1 aromatic carbocycles. The molecular weight excluding hydrogens is 256 g/mol. The van der Waals surface area contributed by atoms with Gasteiger partial charge in [0, 0.05) is 23.1 Å². The molecule has 0 unspecified atom stereocenters. The highest BCUT2D eigenvalue weighted by Crippen LogP contribution is 2.34. The zero-order valence-electron chi connectivity index (χ0n) is 8.40. The van der Waals surface area contributed by atoms with E-state index >= 15 is 0 Å². The number of halogens is 1. The Morgan fingerprint density at radius 2 is 2.27 bits per heavy atom. The minimum absolute atomic E-state index is 0.413. The van der Waals surface area contributed by atoms with Gasteiger partial charge in [0.1, 0.15) is 11.3 Å². The summed E-state index contributed by atoms with van der Waals surface area (Å²) in [4.78, 5) is 0. The van der Waals surface area contributed by atoms with Gasteiger partial charge in [0.25, 0.3) is 0 Å². The van der Waals surface area contributed by atoms with Crippen LogP contribution in [0, 0.1) is 0 Å². The van der Waals surface area contributed by atoms with E-state index < -0.39 is 0 Å². The monoisotopic (exact) mass is 266 g/mol. The molecule has 78 valence electrons. The number of hydrogen-bond acceptors (Lipinski definition) is 2. The van der Waals surface area contributed by atoms with E-state index in [2.05, 4.69) is 21.0 Å². The molecule has 0 spiro atoms. The fraction of sp³-hybridized carbons (Fsp3) is 0.364. The van der Waals surface area contributed by atoms with Crippen LogP contribution in [-0.2, 0) is 7.05 Å². The summed E-state index contributed by atoms with van der Waals surface area (Å²) in [5.41, 5.74) is 0.943. The van der Waals surface area contributed by atoms with Crippen LogP contribution in [0.5, 0.6) is 5.75 Å². The quantitative estimate of drug-likeness (QED) is 0.836. The molecule has 3 rings (SSSR count). The summed E-state index contributed by atoms with van der Waals surface area (Å²) < 4.78 is 8.69. The topological polar surface area (TPSA) is 27.1 Å². The molecule has 0 N–H and O–H groups in total. The Bertz CT molecular complexity index is 517. The maximum Gasteiger partial charge on any atom is 0.147 e. The van der Waals surface area contributed by atoms with Gasteiger partial charge in [-0.05, 0) is 25.0 Å². The third-order valence-electron chi connectivity index (χ3n) is 2.52. The van der Waals surface area contributed by atoms with E-state index in [-0.39, 0.29) is 0 Å². The molecule has 1 saturated carbocycles. The van der Waals surface area contributed by atoms with Crippen molar-refractivity contribution >= 4 is 26.8 Å². The van der Waals surface area contributed by atoms with Crippen molar-refractivity contribution in [3.63, 3.8) is 0 Å². The van der Waals surface area contributed by atoms with Crippen LogP contribution in [0.3, 0.4) is 0 Å². The third kappa shape index (κ3) is 1.63. The number of ether oxygens (including phenoxy) is 1. The van der Waals surface area contributed by atoms with E-state index in [1.165, 1.54) is 12.8 Å². The Labute approximate surface area is 96.2 Å². The molecule has 1 heterocycles. The van der Waals surface area contributed by atoms with E-state index in [0.29, 0.717) is 6.10 Å². The van der Waals surface area contributed by atoms with E-state index in [4.69, 9.17) is 4.74 Å². The number of nitrogens with zero attached hydrogens (tertiary/aromatic N) is 2. The van der Waals surface area contributed by atoms with Gasteiger partial charge in [0.2, 0.25) is 0 Å². The number of fused-ring (bicyclic) bond motifs is 1. The zero-order valence-corrected chi connectivity index (χ0v) is 9.99. The van der Waals surface area contributed by atoms with Crippen molar-refractivity contribution in [3.8, 4) is 5.75 Å². The lowest BCUT2D eigenvalue weighted by atomic mass is 10.2. The van der Waals surface area contributed by atoms with Gasteiger partial charge >= 0.3 is 0 Å². The molecule has 1 aromatic heterocycles. The van der Waals surface area contributed by atoms with Crippen LogP contribution in [0.25, 0.3) is 10.9 Å². The SMILES string of the molecule is Cn1cc2c(Br)ccc(OC3CC3)c2n1. The van der Waals surface area contributed by atoms with Crippen LogP contribution in [0.4, 0.5) is 0 Å². The van der Waals surface area contributed by atoms with Crippen LogP contribution in [0.1, 0.15) is 12.8 Å². The molecule has 0 radical (unpaired) electrons. The van der Waals surface area contributed by atoms with Crippen molar-refractivity contribution in [2.24, 2.45) is 7.05 Å². The molecule has 0 aliphatic heterocycles. The summed E-state index contributed by atoms with van der Waals surface area (Å²) in [5, 5.41) is 5.52. The highest BCUT2D eigenvalue weighted by molar-refractivity contribution is 9.10. The highest BCUT2D eigenvalue weighted by atomic mass is 79.9. The summed E-state index contributed by atoms with van der Waals surface area (Å²) in [5.74, 6) is 0.899. The maximum atomic E-state index is 5.81. The van der Waals surface area contributed by atoms with Gasteiger partial charge in [-0.3, -0.25) is 4.68 Å². The summed E-state index contributed by atoms with van der Waals surface area (Å²) in [7, 11) is 1.92. The first-order valence-corrected chi connectivity index (χ1v) is 5.82. The second kappa shape index (κ2) is 3.23. The van der Waals surface area contributed by atoms with Crippen molar-refractivity contribution in [2.75, 3.05) is 0 Å². The van der Waals surface area contributed by atoms with Gasteiger partial charge in [-0.25, -0.2) is 0 Å². The predicted octanol–water partition coefficient (Wildman–Crippen LogP) is 2.88. The second-order valence-electron chi connectivity index (χ2n) is 3.93. The van der Waals surface area contributed by atoms with Gasteiger partial charge in [0.05, 0.1) is 6.10 Å². The van der Waals surface area contributed by atoms with Gasteiger partial charge in [-0.15, -0.1) is 0 Å². The summed E-state index contributed by atoms with van der Waals surface area (Å²) in [6, 6.07) is 4.00. The first-order valence-electron chi connectivity index (χ1n) is 5.02. The molecule has 0 saturated heterocycles. The van der Waals surface area contributed by atoms with Gasteiger partial charge < -0.3 is 4.74 Å². The Balaban J connectivity index is 2.15. The average Bonchev–Trinajstić information content (AvgIpc) is 2.92. The number of hydrogen-bond donors (Lipinski definition) is 0. The normalized spacial score (nSPS) is 15.9. The summed E-state index contributed by atoms with van der Waals surface area (Å²) >= 11 is 3.52. The lowest BCUT2D eigenvalue weighted by Gasteiger charge is -2.04. The van der Waals surface area contributed by atoms with Crippen molar-refractivity contribution in [2.45, 2.75) is 18.9 Å². The Kier molecular flexibility index (Phi) is 1.99. The third-order valence-corrected chi connectivity index (χ3v) is 3.21. The lowest BCUT2D eigenvalue weighted by molar-refractivity contribution is 0.306. The number of aromatic nitrogens is 2. The van der Waals surface area contributed by atoms with Crippen molar-refractivity contribution < 1.29 is 4.74 Å². The van der Waals surface area contributed by atoms with Crippen LogP contribution in [0.2, 0.25) is 0 Å². The minimum atomic E-state index is 0.413. The highest BCUT2D eigenvalue weighted by Gasteiger charge is 2.24. The molecule has 0 amide bonds. The first-order chi connectivity index (χ1) is 7.24. The fourth-order valence-corrected chi connectivity index (χ4v) is 2.05.